The molecule has 2 amide bonds. The van der Waals surface area contributed by atoms with Crippen molar-refractivity contribution < 1.29 is 18.7 Å². The van der Waals surface area contributed by atoms with Crippen molar-refractivity contribution in [1.82, 2.24) is 9.80 Å². The molecule has 0 N–H and O–H groups in total. The van der Waals surface area contributed by atoms with Gasteiger partial charge in [0.1, 0.15) is 17.2 Å². The van der Waals surface area contributed by atoms with Gasteiger partial charge in [0.05, 0.1) is 5.02 Å². The Labute approximate surface area is 259 Å². The SMILES string of the molecule is CC(C)CC(=O)N1CCCN(C)CCN(C(=O)c2ccc3c(c2)CC(C)(Cc2ccc(Cl)c(F)c2)O3)Cc2ccccc21. The fourth-order valence-corrected chi connectivity index (χ4v) is 6.24. The molecule has 8 heteroatoms. The predicted octanol–water partition coefficient (Wildman–Crippen LogP) is 6.77. The number of likely N-dealkylation sites (N-methyl/N-ethyl adjacent to an activating group) is 1. The molecule has 0 spiro atoms. The first-order valence-electron chi connectivity index (χ1n) is 15.1. The second-order valence-corrected chi connectivity index (χ2v) is 13.0. The van der Waals surface area contributed by atoms with Gasteiger partial charge >= 0.3 is 0 Å². The molecule has 0 saturated heterocycles. The summed E-state index contributed by atoms with van der Waals surface area (Å²) < 4.78 is 20.4. The monoisotopic (exact) mass is 605 g/mol. The first kappa shape index (κ1) is 31.0. The molecular formula is C35H41ClFN3O3. The fraction of sp³-hybridized carbons (Fsp3) is 0.429. The molecule has 0 fully saturated rings. The zero-order valence-electron chi connectivity index (χ0n) is 25.5. The Morgan fingerprint density at radius 3 is 2.56 bits per heavy atom. The van der Waals surface area contributed by atoms with Crippen LogP contribution in [0.5, 0.6) is 5.75 Å². The van der Waals surface area contributed by atoms with Gasteiger partial charge in [0, 0.05) is 56.7 Å². The Morgan fingerprint density at radius 1 is 1.00 bits per heavy atom. The zero-order valence-corrected chi connectivity index (χ0v) is 26.3. The molecule has 0 aliphatic carbocycles. The van der Waals surface area contributed by atoms with Crippen LogP contribution in [0.3, 0.4) is 0 Å². The van der Waals surface area contributed by atoms with Crippen molar-refractivity contribution in [1.29, 1.82) is 0 Å². The number of hydrogen-bond donors (Lipinski definition) is 0. The van der Waals surface area contributed by atoms with Gasteiger partial charge in [-0.2, -0.15) is 0 Å². The summed E-state index contributed by atoms with van der Waals surface area (Å²) in [6, 6.07) is 18.4. The van der Waals surface area contributed by atoms with Gasteiger partial charge in [0.2, 0.25) is 5.91 Å². The van der Waals surface area contributed by atoms with E-state index in [0.717, 1.165) is 47.6 Å². The van der Waals surface area contributed by atoms with Crippen molar-refractivity contribution in [3.05, 3.63) is 93.8 Å². The highest BCUT2D eigenvalue weighted by Crippen LogP contribution is 2.38. The van der Waals surface area contributed by atoms with E-state index in [-0.39, 0.29) is 22.8 Å². The minimum absolute atomic E-state index is 0.0568. The summed E-state index contributed by atoms with van der Waals surface area (Å²) in [5.41, 5.74) is 3.65. The van der Waals surface area contributed by atoms with Crippen LogP contribution in [0.4, 0.5) is 10.1 Å². The van der Waals surface area contributed by atoms with Crippen molar-refractivity contribution in [3.63, 3.8) is 0 Å². The molecule has 0 bridgehead atoms. The zero-order chi connectivity index (χ0) is 30.7. The van der Waals surface area contributed by atoms with E-state index in [1.54, 1.807) is 6.07 Å². The third kappa shape index (κ3) is 7.39. The minimum Gasteiger partial charge on any atom is -0.487 e. The molecule has 1 unspecified atom stereocenters. The highest BCUT2D eigenvalue weighted by Gasteiger charge is 2.36. The molecule has 0 saturated carbocycles. The maximum absolute atomic E-state index is 14.1. The molecular weight excluding hydrogens is 565 g/mol. The summed E-state index contributed by atoms with van der Waals surface area (Å²) in [7, 11) is 2.06. The van der Waals surface area contributed by atoms with Crippen molar-refractivity contribution in [3.8, 4) is 5.75 Å². The van der Waals surface area contributed by atoms with E-state index in [2.05, 4.69) is 25.8 Å². The molecule has 43 heavy (non-hydrogen) atoms. The third-order valence-corrected chi connectivity index (χ3v) is 8.58. The summed E-state index contributed by atoms with van der Waals surface area (Å²) >= 11 is 5.87. The topological polar surface area (TPSA) is 53.1 Å². The number of benzene rings is 3. The van der Waals surface area contributed by atoms with Crippen molar-refractivity contribution in [2.45, 2.75) is 58.6 Å². The van der Waals surface area contributed by atoms with E-state index in [4.69, 9.17) is 16.3 Å². The van der Waals surface area contributed by atoms with Gasteiger partial charge in [-0.25, -0.2) is 4.39 Å². The number of carbonyl (C=O) groups excluding carboxylic acids is 2. The number of halogens is 2. The number of rotatable bonds is 5. The second-order valence-electron chi connectivity index (χ2n) is 12.6. The van der Waals surface area contributed by atoms with E-state index in [1.807, 2.05) is 65.3 Å². The number of carbonyl (C=O) groups is 2. The second kappa shape index (κ2) is 13.1. The van der Waals surface area contributed by atoms with Crippen LogP contribution in [0.2, 0.25) is 5.02 Å². The summed E-state index contributed by atoms with van der Waals surface area (Å²) in [5.74, 6) is 0.622. The molecule has 6 nitrogen and oxygen atoms in total. The highest BCUT2D eigenvalue weighted by molar-refractivity contribution is 6.30. The number of hydrogen-bond acceptors (Lipinski definition) is 4. The largest absolute Gasteiger partial charge is 0.487 e. The van der Waals surface area contributed by atoms with E-state index < -0.39 is 11.4 Å². The van der Waals surface area contributed by atoms with Crippen LogP contribution in [0.1, 0.15) is 60.7 Å². The average molecular weight is 606 g/mol. The summed E-state index contributed by atoms with van der Waals surface area (Å²) in [4.78, 5) is 33.4. The smallest absolute Gasteiger partial charge is 0.254 e. The van der Waals surface area contributed by atoms with Gasteiger partial charge in [-0.3, -0.25) is 9.59 Å². The Morgan fingerprint density at radius 2 is 1.79 bits per heavy atom. The van der Waals surface area contributed by atoms with Gasteiger partial charge in [-0.1, -0.05) is 49.7 Å². The Kier molecular flexibility index (Phi) is 9.42. The van der Waals surface area contributed by atoms with E-state index in [9.17, 15) is 14.0 Å². The number of amides is 2. The summed E-state index contributed by atoms with van der Waals surface area (Å²) in [6.45, 7) is 9.32. The minimum atomic E-state index is -0.563. The Balaban J connectivity index is 1.39. The average Bonchev–Trinajstić information content (AvgIpc) is 3.28. The van der Waals surface area contributed by atoms with E-state index in [1.165, 1.54) is 6.07 Å². The first-order valence-corrected chi connectivity index (χ1v) is 15.5. The maximum atomic E-state index is 14.1. The van der Waals surface area contributed by atoms with Crippen LogP contribution in [0.15, 0.2) is 60.7 Å². The number of anilines is 1. The van der Waals surface area contributed by atoms with E-state index in [0.29, 0.717) is 44.5 Å². The maximum Gasteiger partial charge on any atom is 0.254 e. The lowest BCUT2D eigenvalue weighted by Crippen LogP contribution is -2.37. The molecule has 3 aromatic rings. The summed E-state index contributed by atoms with van der Waals surface area (Å²) in [6.07, 6.45) is 2.46. The first-order chi connectivity index (χ1) is 20.5. The highest BCUT2D eigenvalue weighted by atomic mass is 35.5. The van der Waals surface area contributed by atoms with Crippen LogP contribution in [0.25, 0.3) is 0 Å². The van der Waals surface area contributed by atoms with Gasteiger partial charge in [0.25, 0.3) is 5.91 Å². The molecule has 2 heterocycles. The number of fused-ring (bicyclic) bond motifs is 2. The van der Waals surface area contributed by atoms with Crippen LogP contribution in [-0.4, -0.2) is 60.4 Å². The summed E-state index contributed by atoms with van der Waals surface area (Å²) in [5, 5.41) is 0.0996. The lowest BCUT2D eigenvalue weighted by molar-refractivity contribution is -0.119. The fourth-order valence-electron chi connectivity index (χ4n) is 6.12. The number of para-hydroxylation sites is 1. The predicted molar refractivity (Wildman–Crippen MR) is 169 cm³/mol. The quantitative estimate of drug-likeness (QED) is 0.322. The van der Waals surface area contributed by atoms with Gasteiger partial charge in [-0.15, -0.1) is 0 Å². The standard InChI is InChI=1S/C35H41ClFN3O3/c1-24(2)18-33(41)40-15-7-14-38(4)16-17-39(23-27-8-5-6-9-31(27)40)34(42)26-11-13-32-28(20-26)22-35(3,43-32)21-25-10-12-29(36)30(37)19-25/h5-6,8-13,19-20,24H,7,14-18,21-23H2,1-4H3. The van der Waals surface area contributed by atoms with Crippen LogP contribution >= 0.6 is 11.6 Å². The van der Waals surface area contributed by atoms with Crippen molar-refractivity contribution >= 4 is 29.1 Å². The third-order valence-electron chi connectivity index (χ3n) is 8.28. The normalized spacial score (nSPS) is 19.4. The van der Waals surface area contributed by atoms with Crippen LogP contribution < -0.4 is 9.64 Å². The molecule has 5 rings (SSSR count). The molecule has 228 valence electrons. The molecule has 2 aliphatic heterocycles. The van der Waals surface area contributed by atoms with Crippen molar-refractivity contribution in [2.24, 2.45) is 5.92 Å². The molecule has 3 aromatic carbocycles. The molecule has 2 aliphatic rings. The van der Waals surface area contributed by atoms with Gasteiger partial charge < -0.3 is 19.4 Å². The van der Waals surface area contributed by atoms with Crippen LogP contribution in [-0.2, 0) is 24.2 Å². The lowest BCUT2D eigenvalue weighted by Gasteiger charge is -2.28. The molecule has 1 atom stereocenters. The van der Waals surface area contributed by atoms with Crippen LogP contribution in [0, 0.1) is 11.7 Å². The van der Waals surface area contributed by atoms with Gasteiger partial charge in [-0.05, 0) is 85.9 Å². The lowest BCUT2D eigenvalue weighted by atomic mass is 9.91. The van der Waals surface area contributed by atoms with Crippen molar-refractivity contribution in [2.75, 3.05) is 38.1 Å². The molecule has 0 radical (unpaired) electrons. The molecule has 0 aromatic heterocycles. The number of ether oxygens (including phenoxy) is 1. The van der Waals surface area contributed by atoms with E-state index >= 15 is 0 Å². The Hall–Kier alpha value is -3.42. The van der Waals surface area contributed by atoms with Gasteiger partial charge in [0.15, 0.2) is 0 Å². The number of nitrogens with zero attached hydrogens (tertiary/aromatic N) is 3. The Bertz CT molecular complexity index is 1490.